The van der Waals surface area contributed by atoms with E-state index in [1.165, 1.54) is 41.5 Å². The van der Waals surface area contributed by atoms with E-state index in [9.17, 15) is 29.6 Å². The van der Waals surface area contributed by atoms with Crippen LogP contribution in [0.15, 0.2) is 45.0 Å². The van der Waals surface area contributed by atoms with Crippen LogP contribution in [0.5, 0.6) is 0 Å². The molecule has 1 aromatic heterocycles. The van der Waals surface area contributed by atoms with Crippen molar-refractivity contribution < 1.29 is 24.3 Å². The highest BCUT2D eigenvalue weighted by Gasteiger charge is 2.36. The number of hydrogen-bond acceptors (Lipinski definition) is 8. The Bertz CT molecular complexity index is 1090. The van der Waals surface area contributed by atoms with E-state index in [-0.39, 0.29) is 29.8 Å². The first kappa shape index (κ1) is 21.6. The number of aromatic amines is 1. The number of ether oxygens (including phenoxy) is 2. The van der Waals surface area contributed by atoms with Crippen molar-refractivity contribution in [2.45, 2.75) is 24.9 Å². The summed E-state index contributed by atoms with van der Waals surface area (Å²) in [6, 6.07) is 4.87. The third-order valence-corrected chi connectivity index (χ3v) is 4.71. The lowest BCUT2D eigenvalue weighted by Gasteiger charge is -2.16. The van der Waals surface area contributed by atoms with Gasteiger partial charge in [-0.25, -0.2) is 9.59 Å². The monoisotopic (exact) mass is 481 g/mol. The summed E-state index contributed by atoms with van der Waals surface area (Å²) < 4.78 is 11.9. The Hall–Kier alpha value is -3.09. The molecule has 0 radical (unpaired) electrons. The fraction of sp³-hybridized carbons (Fsp3) is 0.278. The Balaban J connectivity index is 1.66. The molecule has 0 bridgehead atoms. The maximum atomic E-state index is 12.1. The summed E-state index contributed by atoms with van der Waals surface area (Å²) in [5.41, 5.74) is -1.12. The molecule has 0 spiro atoms. The molecule has 1 fully saturated rings. The summed E-state index contributed by atoms with van der Waals surface area (Å²) in [6.45, 7) is -0.292. The Labute approximate surface area is 176 Å². The van der Waals surface area contributed by atoms with Crippen LogP contribution >= 0.6 is 15.9 Å². The number of aliphatic hydroxyl groups is 1. The van der Waals surface area contributed by atoms with Gasteiger partial charge in [-0.2, -0.15) is 0 Å². The lowest BCUT2D eigenvalue weighted by atomic mass is 10.2. The van der Waals surface area contributed by atoms with Gasteiger partial charge in [-0.3, -0.25) is 24.5 Å². The molecule has 2 heterocycles. The van der Waals surface area contributed by atoms with Gasteiger partial charge in [-0.05, 0) is 23.2 Å². The molecule has 1 aliphatic heterocycles. The average molecular weight is 482 g/mol. The molecule has 12 heteroatoms. The Kier molecular flexibility index (Phi) is 6.59. The minimum Gasteiger partial charge on any atom is -0.459 e. The van der Waals surface area contributed by atoms with E-state index in [2.05, 4.69) is 20.9 Å². The van der Waals surface area contributed by atoms with Crippen molar-refractivity contribution in [1.82, 2.24) is 9.55 Å². The predicted molar refractivity (Wildman–Crippen MR) is 107 cm³/mol. The van der Waals surface area contributed by atoms with Crippen molar-refractivity contribution in [1.29, 1.82) is 0 Å². The van der Waals surface area contributed by atoms with Gasteiger partial charge in [0.2, 0.25) is 0 Å². The molecule has 3 atom stereocenters. The van der Waals surface area contributed by atoms with Gasteiger partial charge in [-0.1, -0.05) is 15.9 Å². The second kappa shape index (κ2) is 9.15. The number of carbonyl (C=O) groups is 1. The van der Waals surface area contributed by atoms with E-state index in [4.69, 9.17) is 9.47 Å². The van der Waals surface area contributed by atoms with Gasteiger partial charge in [0.05, 0.1) is 22.2 Å². The summed E-state index contributed by atoms with van der Waals surface area (Å²) in [4.78, 5) is 49.7. The van der Waals surface area contributed by atoms with Gasteiger partial charge < -0.3 is 14.6 Å². The lowest BCUT2D eigenvalue weighted by molar-refractivity contribution is -0.384. The number of halogens is 1. The van der Waals surface area contributed by atoms with Crippen molar-refractivity contribution in [3.63, 3.8) is 0 Å². The maximum Gasteiger partial charge on any atom is 0.338 e. The van der Waals surface area contributed by atoms with Crippen LogP contribution in [0.2, 0.25) is 0 Å². The van der Waals surface area contributed by atoms with Gasteiger partial charge in [-0.15, -0.1) is 0 Å². The van der Waals surface area contributed by atoms with E-state index in [0.717, 1.165) is 4.57 Å². The fourth-order valence-electron chi connectivity index (χ4n) is 2.90. The third-order valence-electron chi connectivity index (χ3n) is 4.44. The van der Waals surface area contributed by atoms with Crippen LogP contribution in [0, 0.1) is 10.1 Å². The summed E-state index contributed by atoms with van der Waals surface area (Å²) in [5.74, 6) is -0.741. The van der Waals surface area contributed by atoms with Crippen molar-refractivity contribution in [2.75, 3.05) is 6.61 Å². The number of benzene rings is 1. The molecule has 11 nitrogen and oxygen atoms in total. The molecular weight excluding hydrogens is 466 g/mol. The highest BCUT2D eigenvalue weighted by molar-refractivity contribution is 9.11. The number of esters is 1. The number of non-ortho nitro benzene ring substituents is 1. The van der Waals surface area contributed by atoms with E-state index in [0.29, 0.717) is 0 Å². The maximum absolute atomic E-state index is 12.1. The number of aromatic nitrogens is 2. The van der Waals surface area contributed by atoms with Crippen LogP contribution in [0.25, 0.3) is 6.08 Å². The number of nitro benzene ring substituents is 1. The first-order chi connectivity index (χ1) is 14.3. The van der Waals surface area contributed by atoms with Crippen LogP contribution in [-0.4, -0.2) is 44.4 Å². The summed E-state index contributed by atoms with van der Waals surface area (Å²) in [7, 11) is 0. The number of hydrogen-bond donors (Lipinski definition) is 2. The number of carbonyl (C=O) groups excluding carboxylic acids is 1. The van der Waals surface area contributed by atoms with E-state index in [1.807, 2.05) is 0 Å². The normalized spacial score (nSPS) is 21.1. The van der Waals surface area contributed by atoms with Crippen LogP contribution in [0.4, 0.5) is 5.69 Å². The van der Waals surface area contributed by atoms with Gasteiger partial charge in [0.25, 0.3) is 11.2 Å². The molecule has 0 amide bonds. The fourth-order valence-corrected chi connectivity index (χ4v) is 3.18. The van der Waals surface area contributed by atoms with Crippen molar-refractivity contribution >= 4 is 33.7 Å². The van der Waals surface area contributed by atoms with Crippen LogP contribution < -0.4 is 11.2 Å². The first-order valence-electron chi connectivity index (χ1n) is 8.67. The molecule has 3 rings (SSSR count). The number of nitrogens with one attached hydrogen (secondary N) is 1. The number of aliphatic hydroxyl groups excluding tert-OH is 1. The molecular formula is C18H16BrN3O8. The SMILES string of the molecule is O=C(OC[C@@H]1O[C@H](n2cc(/C=C/Br)c(=O)[nH]c2=O)CC1O)c1ccc([N+](=O)[O-])cc1. The molecule has 2 aromatic rings. The smallest absolute Gasteiger partial charge is 0.338 e. The second-order valence-electron chi connectivity index (χ2n) is 6.38. The number of nitro groups is 1. The van der Waals surface area contributed by atoms with E-state index >= 15 is 0 Å². The number of nitrogens with zero attached hydrogens (tertiary/aromatic N) is 2. The number of rotatable bonds is 6. The van der Waals surface area contributed by atoms with Gasteiger partial charge in [0.15, 0.2) is 0 Å². The van der Waals surface area contributed by atoms with Crippen molar-refractivity contribution in [2.24, 2.45) is 0 Å². The van der Waals surface area contributed by atoms with Crippen molar-refractivity contribution in [3.8, 4) is 0 Å². The molecule has 1 unspecified atom stereocenters. The summed E-state index contributed by atoms with van der Waals surface area (Å²) >= 11 is 3.06. The van der Waals surface area contributed by atoms with Gasteiger partial charge >= 0.3 is 11.7 Å². The van der Waals surface area contributed by atoms with E-state index in [1.54, 1.807) is 0 Å². The largest absolute Gasteiger partial charge is 0.459 e. The van der Waals surface area contributed by atoms with Gasteiger partial charge in [0.1, 0.15) is 18.9 Å². The minimum atomic E-state index is -1.02. The second-order valence-corrected chi connectivity index (χ2v) is 6.91. The summed E-state index contributed by atoms with van der Waals surface area (Å²) in [5, 5.41) is 20.9. The lowest BCUT2D eigenvalue weighted by Crippen LogP contribution is -2.33. The highest BCUT2D eigenvalue weighted by Crippen LogP contribution is 2.28. The molecule has 1 aromatic carbocycles. The zero-order valence-electron chi connectivity index (χ0n) is 15.3. The average Bonchev–Trinajstić information content (AvgIpc) is 3.08. The standard InChI is InChI=1S/C18H16BrN3O8/c19-6-5-11-8-21(18(26)20-16(11)24)15-7-13(23)14(30-15)9-29-17(25)10-1-3-12(4-2-10)22(27)28/h1-6,8,13-15,23H,7,9H2,(H,20,24,26)/b6-5+/t13?,14-,15-/m0/s1. The van der Waals surface area contributed by atoms with Crippen LogP contribution in [-0.2, 0) is 9.47 Å². The third kappa shape index (κ3) is 4.72. The van der Waals surface area contributed by atoms with Crippen LogP contribution in [0.3, 0.4) is 0 Å². The molecule has 0 aliphatic carbocycles. The molecule has 1 aliphatic rings. The quantitative estimate of drug-likeness (QED) is 0.355. The Morgan fingerprint density at radius 2 is 2.10 bits per heavy atom. The molecule has 0 saturated carbocycles. The minimum absolute atomic E-state index is 0.0448. The predicted octanol–water partition coefficient (Wildman–Crippen LogP) is 1.32. The molecule has 30 heavy (non-hydrogen) atoms. The van der Waals surface area contributed by atoms with Crippen LogP contribution in [0.1, 0.15) is 28.6 Å². The Morgan fingerprint density at radius 1 is 1.40 bits per heavy atom. The van der Waals surface area contributed by atoms with E-state index < -0.39 is 40.6 Å². The Morgan fingerprint density at radius 3 is 2.73 bits per heavy atom. The molecule has 1 saturated heterocycles. The van der Waals surface area contributed by atoms with Gasteiger partial charge in [0, 0.05) is 24.8 Å². The zero-order valence-corrected chi connectivity index (χ0v) is 16.9. The zero-order chi connectivity index (χ0) is 21.8. The summed E-state index contributed by atoms with van der Waals surface area (Å²) in [6.07, 6.45) is 0.0171. The first-order valence-corrected chi connectivity index (χ1v) is 9.59. The highest BCUT2D eigenvalue weighted by atomic mass is 79.9. The molecule has 158 valence electrons. The van der Waals surface area contributed by atoms with Crippen molar-refractivity contribution in [3.05, 3.63) is 77.5 Å². The topological polar surface area (TPSA) is 154 Å². The number of H-pyrrole nitrogens is 1. The molecule has 2 N–H and O–H groups in total.